The van der Waals surface area contributed by atoms with Crippen molar-refractivity contribution >= 4 is 29.7 Å². The van der Waals surface area contributed by atoms with Gasteiger partial charge < -0.3 is 14.0 Å². The standard InChI is InChI=1S/C24H33BN4O4/c1-15(2)29-13-17(12-27-29)16-10-18-19(25-32-23(6,7)24(8,9)33-25)14-28(20(18)26-11-16)21(30)31-22(3,4)5/h10-15H,1-9H3. The van der Waals surface area contributed by atoms with E-state index in [0.717, 1.165) is 22.0 Å². The van der Waals surface area contributed by atoms with Crippen molar-refractivity contribution in [1.82, 2.24) is 19.3 Å². The van der Waals surface area contributed by atoms with Crippen LogP contribution in [-0.2, 0) is 14.0 Å². The van der Waals surface area contributed by atoms with Crippen LogP contribution in [0.5, 0.6) is 0 Å². The van der Waals surface area contributed by atoms with Crippen molar-refractivity contribution in [2.45, 2.75) is 85.2 Å². The van der Waals surface area contributed by atoms with Crippen LogP contribution in [0.25, 0.3) is 22.2 Å². The number of pyridine rings is 1. The van der Waals surface area contributed by atoms with Gasteiger partial charge in [-0.2, -0.15) is 5.10 Å². The Hall–Kier alpha value is -2.65. The molecular weight excluding hydrogens is 419 g/mol. The maximum atomic E-state index is 13.0. The van der Waals surface area contributed by atoms with E-state index in [1.165, 1.54) is 4.57 Å². The number of hydrogen-bond acceptors (Lipinski definition) is 6. The molecule has 176 valence electrons. The fraction of sp³-hybridized carbons (Fsp3) is 0.542. The third-order valence-corrected chi connectivity index (χ3v) is 6.24. The Labute approximate surface area is 195 Å². The lowest BCUT2D eigenvalue weighted by Crippen LogP contribution is -2.41. The van der Waals surface area contributed by atoms with E-state index in [2.05, 4.69) is 23.9 Å². The number of aromatic nitrogens is 4. The zero-order valence-corrected chi connectivity index (χ0v) is 21.0. The highest BCUT2D eigenvalue weighted by molar-refractivity contribution is 6.65. The lowest BCUT2D eigenvalue weighted by atomic mass is 9.79. The van der Waals surface area contributed by atoms with E-state index in [1.54, 1.807) is 12.4 Å². The lowest BCUT2D eigenvalue weighted by molar-refractivity contribution is 0.00578. The van der Waals surface area contributed by atoms with Crippen LogP contribution >= 0.6 is 0 Å². The molecule has 0 bridgehead atoms. The molecule has 9 heteroatoms. The summed E-state index contributed by atoms with van der Waals surface area (Å²) in [6.45, 7) is 17.7. The van der Waals surface area contributed by atoms with Crippen LogP contribution in [0.1, 0.15) is 68.4 Å². The van der Waals surface area contributed by atoms with E-state index >= 15 is 0 Å². The highest BCUT2D eigenvalue weighted by atomic mass is 16.7. The van der Waals surface area contributed by atoms with Gasteiger partial charge in [-0.3, -0.25) is 4.68 Å². The highest BCUT2D eigenvalue weighted by Gasteiger charge is 2.52. The third-order valence-electron chi connectivity index (χ3n) is 6.24. The summed E-state index contributed by atoms with van der Waals surface area (Å²) in [7, 11) is -0.642. The van der Waals surface area contributed by atoms with Crippen LogP contribution < -0.4 is 5.46 Å². The summed E-state index contributed by atoms with van der Waals surface area (Å²) in [5.74, 6) is 0. The summed E-state index contributed by atoms with van der Waals surface area (Å²) in [5.41, 5.74) is 1.41. The SMILES string of the molecule is CC(C)n1cc(-c2cnc3c(c2)c(B2OC(C)(C)C(C)(C)O2)cn3C(=O)OC(C)(C)C)cn1. The van der Waals surface area contributed by atoms with Crippen LogP contribution in [0.4, 0.5) is 4.79 Å². The summed E-state index contributed by atoms with van der Waals surface area (Å²) >= 11 is 0. The molecule has 0 unspecified atom stereocenters. The number of nitrogens with zero attached hydrogens (tertiary/aromatic N) is 4. The lowest BCUT2D eigenvalue weighted by Gasteiger charge is -2.32. The fourth-order valence-corrected chi connectivity index (χ4v) is 3.67. The Morgan fingerprint density at radius 2 is 1.70 bits per heavy atom. The minimum atomic E-state index is -0.642. The summed E-state index contributed by atoms with van der Waals surface area (Å²) < 4.78 is 21.6. The van der Waals surface area contributed by atoms with E-state index in [-0.39, 0.29) is 6.04 Å². The maximum Gasteiger partial charge on any atom is 0.497 e. The van der Waals surface area contributed by atoms with Gasteiger partial charge in [-0.1, -0.05) is 0 Å². The van der Waals surface area contributed by atoms with Gasteiger partial charge in [-0.15, -0.1) is 0 Å². The predicted octanol–water partition coefficient (Wildman–Crippen LogP) is 4.56. The van der Waals surface area contributed by atoms with Gasteiger partial charge in [0, 0.05) is 46.6 Å². The summed E-state index contributed by atoms with van der Waals surface area (Å²) in [6.07, 6.45) is 6.78. The van der Waals surface area contributed by atoms with Gasteiger partial charge in [0.15, 0.2) is 0 Å². The van der Waals surface area contributed by atoms with Gasteiger partial charge in [-0.05, 0) is 68.4 Å². The number of carbonyl (C=O) groups is 1. The van der Waals surface area contributed by atoms with Crippen molar-refractivity contribution < 1.29 is 18.8 Å². The molecule has 4 rings (SSSR count). The Morgan fingerprint density at radius 3 is 2.24 bits per heavy atom. The molecule has 0 amide bonds. The quantitative estimate of drug-likeness (QED) is 0.542. The monoisotopic (exact) mass is 452 g/mol. The van der Waals surface area contributed by atoms with Crippen LogP contribution in [0, 0.1) is 0 Å². The zero-order valence-electron chi connectivity index (χ0n) is 21.0. The molecule has 1 saturated heterocycles. The normalized spacial score (nSPS) is 17.8. The molecule has 0 aromatic carbocycles. The van der Waals surface area contributed by atoms with Crippen molar-refractivity contribution in [3.8, 4) is 11.1 Å². The van der Waals surface area contributed by atoms with Crippen LogP contribution in [0.15, 0.2) is 30.9 Å². The number of rotatable bonds is 3. The predicted molar refractivity (Wildman–Crippen MR) is 129 cm³/mol. The molecule has 1 aliphatic rings. The maximum absolute atomic E-state index is 13.0. The summed E-state index contributed by atoms with van der Waals surface area (Å²) in [5, 5.41) is 5.22. The van der Waals surface area contributed by atoms with Gasteiger partial charge >= 0.3 is 13.2 Å². The Balaban J connectivity index is 1.84. The number of carbonyl (C=O) groups excluding carboxylic acids is 1. The first-order chi connectivity index (χ1) is 15.2. The molecule has 0 atom stereocenters. The topological polar surface area (TPSA) is 80.4 Å². The second-order valence-corrected chi connectivity index (χ2v) is 10.9. The Morgan fingerprint density at radius 1 is 1.06 bits per heavy atom. The van der Waals surface area contributed by atoms with E-state index in [9.17, 15) is 4.79 Å². The fourth-order valence-electron chi connectivity index (χ4n) is 3.67. The first-order valence-electron chi connectivity index (χ1n) is 11.3. The molecule has 4 heterocycles. The molecule has 0 N–H and O–H groups in total. The molecular formula is C24H33BN4O4. The van der Waals surface area contributed by atoms with Crippen molar-refractivity contribution in [3.63, 3.8) is 0 Å². The second-order valence-electron chi connectivity index (χ2n) is 10.9. The minimum absolute atomic E-state index is 0.254. The molecule has 0 aliphatic carbocycles. The summed E-state index contributed by atoms with van der Waals surface area (Å²) in [6, 6.07) is 2.26. The van der Waals surface area contributed by atoms with Crippen LogP contribution in [-0.4, -0.2) is 49.3 Å². The molecule has 1 fully saturated rings. The van der Waals surface area contributed by atoms with Gasteiger partial charge in [0.05, 0.1) is 17.4 Å². The molecule has 0 radical (unpaired) electrons. The molecule has 8 nitrogen and oxygen atoms in total. The van der Waals surface area contributed by atoms with Crippen molar-refractivity contribution in [1.29, 1.82) is 0 Å². The van der Waals surface area contributed by atoms with Gasteiger partial charge in [-0.25, -0.2) is 14.3 Å². The first-order valence-corrected chi connectivity index (χ1v) is 11.3. The van der Waals surface area contributed by atoms with Crippen molar-refractivity contribution in [2.24, 2.45) is 0 Å². The summed E-state index contributed by atoms with van der Waals surface area (Å²) in [4.78, 5) is 17.6. The van der Waals surface area contributed by atoms with E-state index in [1.807, 2.05) is 71.6 Å². The molecule has 3 aromatic heterocycles. The largest absolute Gasteiger partial charge is 0.497 e. The first kappa shape index (κ1) is 23.5. The number of fused-ring (bicyclic) bond motifs is 1. The van der Waals surface area contributed by atoms with E-state index in [0.29, 0.717) is 5.65 Å². The van der Waals surface area contributed by atoms with Crippen molar-refractivity contribution in [3.05, 3.63) is 30.9 Å². The second kappa shape index (κ2) is 7.70. The van der Waals surface area contributed by atoms with Gasteiger partial charge in [0.2, 0.25) is 0 Å². The van der Waals surface area contributed by atoms with Gasteiger partial charge in [0.25, 0.3) is 0 Å². The number of hydrogen-bond donors (Lipinski definition) is 0. The third kappa shape index (κ3) is 4.31. The van der Waals surface area contributed by atoms with Gasteiger partial charge in [0.1, 0.15) is 11.2 Å². The average molecular weight is 452 g/mol. The van der Waals surface area contributed by atoms with Crippen molar-refractivity contribution in [2.75, 3.05) is 0 Å². The minimum Gasteiger partial charge on any atom is -0.443 e. The average Bonchev–Trinajstić information content (AvgIpc) is 3.35. The molecule has 0 spiro atoms. The molecule has 33 heavy (non-hydrogen) atoms. The molecule has 0 saturated carbocycles. The Kier molecular flexibility index (Phi) is 5.49. The van der Waals surface area contributed by atoms with Crippen LogP contribution in [0.3, 0.4) is 0 Å². The molecule has 1 aliphatic heterocycles. The zero-order chi connectivity index (χ0) is 24.3. The smallest absolute Gasteiger partial charge is 0.443 e. The van der Waals surface area contributed by atoms with Crippen LogP contribution in [0.2, 0.25) is 0 Å². The van der Waals surface area contributed by atoms with E-state index < -0.39 is 30.0 Å². The van der Waals surface area contributed by atoms with E-state index in [4.69, 9.17) is 14.0 Å². The highest BCUT2D eigenvalue weighted by Crippen LogP contribution is 2.37. The Bertz CT molecular complexity index is 1190. The number of ether oxygens (including phenoxy) is 1. The molecule has 3 aromatic rings.